The highest BCUT2D eigenvalue weighted by molar-refractivity contribution is 6.30. The molecule has 2 aromatic rings. The fourth-order valence-electron chi connectivity index (χ4n) is 3.56. The Hall–Kier alpha value is -2.60. The molecule has 0 spiro atoms. The fraction of sp³-hybridized carbons (Fsp3) is 0.391. The Morgan fingerprint density at radius 2 is 1.67 bits per heavy atom. The van der Waals surface area contributed by atoms with Crippen molar-refractivity contribution in [2.75, 3.05) is 13.2 Å². The Morgan fingerprint density at radius 1 is 0.967 bits per heavy atom. The van der Waals surface area contributed by atoms with Crippen LogP contribution in [-0.2, 0) is 9.59 Å². The monoisotopic (exact) mass is 433 g/mol. The molecule has 1 amide bonds. The highest BCUT2D eigenvalue weighted by Crippen LogP contribution is 2.27. The molecule has 0 radical (unpaired) electrons. The third-order valence-electron chi connectivity index (χ3n) is 5.11. The van der Waals surface area contributed by atoms with E-state index in [2.05, 4.69) is 5.32 Å². The Bertz CT molecular complexity index is 851. The lowest BCUT2D eigenvalue weighted by molar-refractivity contribution is -0.125. The van der Waals surface area contributed by atoms with Crippen LogP contribution in [0.3, 0.4) is 0 Å². The van der Waals surface area contributed by atoms with Crippen LogP contribution in [-0.4, -0.2) is 30.9 Å². The van der Waals surface area contributed by atoms with Gasteiger partial charge in [-0.25, -0.2) is 4.39 Å². The molecule has 0 atom stereocenters. The lowest BCUT2D eigenvalue weighted by Gasteiger charge is -2.28. The summed E-state index contributed by atoms with van der Waals surface area (Å²) in [6.45, 7) is -0.0976. The predicted molar refractivity (Wildman–Crippen MR) is 112 cm³/mol. The maximum atomic E-state index is 13.1. The molecule has 3 rings (SSSR count). The minimum absolute atomic E-state index is 0.00288. The lowest BCUT2D eigenvalue weighted by atomic mass is 9.83. The van der Waals surface area contributed by atoms with Gasteiger partial charge in [0.05, 0.1) is 0 Å². The number of nitrogens with one attached hydrogen (secondary N) is 1. The number of benzene rings is 2. The summed E-state index contributed by atoms with van der Waals surface area (Å²) in [7, 11) is 0. The normalized spacial score (nSPS) is 18.5. The van der Waals surface area contributed by atoms with Crippen LogP contribution in [0.1, 0.15) is 32.1 Å². The van der Waals surface area contributed by atoms with Crippen LogP contribution in [0.5, 0.6) is 11.5 Å². The van der Waals surface area contributed by atoms with Gasteiger partial charge in [0.2, 0.25) is 0 Å². The van der Waals surface area contributed by atoms with E-state index in [0.29, 0.717) is 22.9 Å². The number of Topliss-reactive ketones (excluding diaryl/α,β-unsaturated/α-hetero) is 1. The van der Waals surface area contributed by atoms with Gasteiger partial charge in [-0.15, -0.1) is 0 Å². The van der Waals surface area contributed by atoms with E-state index in [1.54, 1.807) is 36.4 Å². The summed E-state index contributed by atoms with van der Waals surface area (Å²) in [5.41, 5.74) is 0. The van der Waals surface area contributed by atoms with Crippen molar-refractivity contribution in [3.63, 3.8) is 0 Å². The number of hydrogen-bond donors (Lipinski definition) is 1. The first-order valence-electron chi connectivity index (χ1n) is 10.1. The second-order valence-electron chi connectivity index (χ2n) is 7.52. The summed E-state index contributed by atoms with van der Waals surface area (Å²) in [5, 5.41) is 3.60. The smallest absolute Gasteiger partial charge is 0.258 e. The first kappa shape index (κ1) is 22.1. The molecule has 1 aliphatic carbocycles. The zero-order valence-electron chi connectivity index (χ0n) is 16.6. The van der Waals surface area contributed by atoms with Gasteiger partial charge in [-0.1, -0.05) is 17.7 Å². The number of hydrogen-bond acceptors (Lipinski definition) is 4. The second-order valence-corrected chi connectivity index (χ2v) is 7.95. The first-order chi connectivity index (χ1) is 14.5. The van der Waals surface area contributed by atoms with Gasteiger partial charge < -0.3 is 14.8 Å². The van der Waals surface area contributed by atoms with Crippen molar-refractivity contribution >= 4 is 23.3 Å². The summed E-state index contributed by atoms with van der Waals surface area (Å²) in [4.78, 5) is 24.3. The molecule has 1 N–H and O–H groups in total. The molecule has 0 saturated heterocycles. The number of ether oxygens (including phenoxy) is 2. The van der Waals surface area contributed by atoms with E-state index in [1.165, 1.54) is 12.1 Å². The summed E-state index contributed by atoms with van der Waals surface area (Å²) < 4.78 is 24.0. The first-order valence-corrected chi connectivity index (χ1v) is 10.4. The second kappa shape index (κ2) is 11.0. The Kier molecular flexibility index (Phi) is 8.08. The molecule has 1 saturated carbocycles. The van der Waals surface area contributed by atoms with Gasteiger partial charge >= 0.3 is 0 Å². The van der Waals surface area contributed by atoms with Crippen molar-refractivity contribution in [1.82, 2.24) is 5.32 Å². The topological polar surface area (TPSA) is 64.6 Å². The maximum absolute atomic E-state index is 13.1. The van der Waals surface area contributed by atoms with Crippen LogP contribution in [0.2, 0.25) is 5.02 Å². The third-order valence-corrected chi connectivity index (χ3v) is 5.36. The zero-order valence-corrected chi connectivity index (χ0v) is 17.4. The van der Waals surface area contributed by atoms with E-state index < -0.39 is 0 Å². The number of carbonyl (C=O) groups excluding carboxylic acids is 2. The van der Waals surface area contributed by atoms with Crippen LogP contribution in [0.4, 0.5) is 4.39 Å². The largest absolute Gasteiger partial charge is 0.486 e. The molecular weight excluding hydrogens is 409 g/mol. The fourth-order valence-corrected chi connectivity index (χ4v) is 3.69. The minimum atomic E-state index is -0.390. The van der Waals surface area contributed by atoms with Crippen molar-refractivity contribution in [2.45, 2.75) is 38.1 Å². The lowest BCUT2D eigenvalue weighted by Crippen LogP contribution is -2.40. The number of halogens is 2. The molecule has 2 aromatic carbocycles. The van der Waals surface area contributed by atoms with Crippen molar-refractivity contribution in [3.8, 4) is 11.5 Å². The van der Waals surface area contributed by atoms with E-state index in [1.807, 2.05) is 0 Å². The van der Waals surface area contributed by atoms with Crippen LogP contribution >= 0.6 is 11.6 Å². The highest BCUT2D eigenvalue weighted by Gasteiger charge is 2.24. The van der Waals surface area contributed by atoms with Crippen LogP contribution in [0, 0.1) is 11.7 Å². The predicted octanol–water partition coefficient (Wildman–Crippen LogP) is 4.57. The van der Waals surface area contributed by atoms with Gasteiger partial charge in [0.25, 0.3) is 5.91 Å². The Balaban J connectivity index is 1.31. The number of rotatable bonds is 9. The van der Waals surface area contributed by atoms with Crippen LogP contribution < -0.4 is 14.8 Å². The molecule has 0 aliphatic heterocycles. The average Bonchev–Trinajstić information content (AvgIpc) is 2.73. The van der Waals surface area contributed by atoms with Gasteiger partial charge in [-0.2, -0.15) is 0 Å². The molecule has 0 unspecified atom stereocenters. The van der Waals surface area contributed by atoms with Crippen LogP contribution in [0.25, 0.3) is 0 Å². The van der Waals surface area contributed by atoms with E-state index in [0.717, 1.165) is 25.7 Å². The van der Waals surface area contributed by atoms with Gasteiger partial charge in [0.1, 0.15) is 23.9 Å². The molecule has 0 aromatic heterocycles. The summed E-state index contributed by atoms with van der Waals surface area (Å²) >= 11 is 5.82. The van der Waals surface area contributed by atoms with Gasteiger partial charge in [0, 0.05) is 23.6 Å². The summed E-state index contributed by atoms with van der Waals surface area (Å²) in [5.74, 6) is 0.690. The number of amides is 1. The van der Waals surface area contributed by atoms with Gasteiger partial charge in [-0.3, -0.25) is 9.59 Å². The molecule has 5 nitrogen and oxygen atoms in total. The number of carbonyl (C=O) groups is 2. The molecule has 0 heterocycles. The van der Waals surface area contributed by atoms with E-state index in [-0.39, 0.29) is 42.7 Å². The average molecular weight is 434 g/mol. The molecule has 7 heteroatoms. The summed E-state index contributed by atoms with van der Waals surface area (Å²) in [6, 6.07) is 12.7. The van der Waals surface area contributed by atoms with Crippen molar-refractivity contribution in [3.05, 3.63) is 59.4 Å². The molecule has 0 bridgehead atoms. The third kappa shape index (κ3) is 7.34. The van der Waals surface area contributed by atoms with Gasteiger partial charge in [-0.05, 0) is 68.0 Å². The quantitative estimate of drug-likeness (QED) is 0.629. The van der Waals surface area contributed by atoms with Gasteiger partial charge in [0.15, 0.2) is 12.4 Å². The molecule has 30 heavy (non-hydrogen) atoms. The highest BCUT2D eigenvalue weighted by atomic mass is 35.5. The van der Waals surface area contributed by atoms with E-state index in [4.69, 9.17) is 21.1 Å². The van der Waals surface area contributed by atoms with E-state index >= 15 is 0 Å². The number of ketones is 1. The van der Waals surface area contributed by atoms with Crippen molar-refractivity contribution in [2.24, 2.45) is 5.92 Å². The molecular formula is C23H25ClFNO4. The summed E-state index contributed by atoms with van der Waals surface area (Å²) in [6.07, 6.45) is 3.84. The Labute approximate surface area is 180 Å². The van der Waals surface area contributed by atoms with E-state index in [9.17, 15) is 14.0 Å². The zero-order chi connectivity index (χ0) is 21.3. The molecule has 160 valence electrons. The molecule has 1 fully saturated rings. The van der Waals surface area contributed by atoms with Crippen LogP contribution in [0.15, 0.2) is 48.5 Å². The maximum Gasteiger partial charge on any atom is 0.258 e. The van der Waals surface area contributed by atoms with Crippen molar-refractivity contribution in [1.29, 1.82) is 0 Å². The van der Waals surface area contributed by atoms with Crippen molar-refractivity contribution < 1.29 is 23.5 Å². The SMILES string of the molecule is O=C(COc1cccc(F)c1)CC1CCC(NC(=O)COc2ccc(Cl)cc2)CC1. The minimum Gasteiger partial charge on any atom is -0.486 e. The molecule has 1 aliphatic rings. The Morgan fingerprint density at radius 3 is 2.37 bits per heavy atom. The standard InChI is InChI=1S/C23H25ClFNO4/c24-17-6-10-21(11-7-17)30-15-23(28)26-19-8-4-16(5-9-19)12-20(27)14-29-22-3-1-2-18(25)13-22/h1-3,6-7,10-11,13,16,19H,4-5,8-9,12,14-15H2,(H,26,28).